The molecule has 0 bridgehead atoms. The summed E-state index contributed by atoms with van der Waals surface area (Å²) in [6, 6.07) is 9.08. The first-order valence-electron chi connectivity index (χ1n) is 6.37. The van der Waals surface area contributed by atoms with Crippen LogP contribution in [0.4, 0.5) is 5.69 Å². The first-order chi connectivity index (χ1) is 10.1. The van der Waals surface area contributed by atoms with Gasteiger partial charge in [-0.1, -0.05) is 29.3 Å². The van der Waals surface area contributed by atoms with E-state index < -0.39 is 0 Å². The number of furan rings is 1. The Kier molecular flexibility index (Phi) is 3.70. The summed E-state index contributed by atoms with van der Waals surface area (Å²) >= 11 is 12.6. The molecule has 21 heavy (non-hydrogen) atoms. The van der Waals surface area contributed by atoms with Gasteiger partial charge in [0.25, 0.3) is 0 Å². The van der Waals surface area contributed by atoms with Crippen molar-refractivity contribution in [2.24, 2.45) is 5.18 Å². The number of nitroso groups, excluding NO2 is 1. The molecule has 0 saturated heterocycles. The lowest BCUT2D eigenvalue weighted by Gasteiger charge is -2.09. The van der Waals surface area contributed by atoms with Crippen LogP contribution < -0.4 is 0 Å². The number of benzene rings is 2. The van der Waals surface area contributed by atoms with E-state index in [9.17, 15) is 4.91 Å². The normalized spacial score (nSPS) is 11.0. The molecule has 0 spiro atoms. The van der Waals surface area contributed by atoms with E-state index in [0.717, 1.165) is 22.1 Å². The SMILES string of the molecule is Cc1cc(Cl)c(Cc2ccc(N=O)c3occc23)c(Cl)c1. The van der Waals surface area contributed by atoms with Crippen LogP contribution >= 0.6 is 23.2 Å². The third-order valence-corrected chi connectivity index (χ3v) is 4.11. The Morgan fingerprint density at radius 2 is 1.86 bits per heavy atom. The molecule has 0 saturated carbocycles. The fourth-order valence-electron chi connectivity index (χ4n) is 2.42. The van der Waals surface area contributed by atoms with Gasteiger partial charge in [0.15, 0.2) is 11.3 Å². The van der Waals surface area contributed by atoms with Gasteiger partial charge in [-0.3, -0.25) is 0 Å². The van der Waals surface area contributed by atoms with Gasteiger partial charge in [-0.15, -0.1) is 4.91 Å². The highest BCUT2D eigenvalue weighted by atomic mass is 35.5. The Hall–Kier alpha value is -1.84. The molecule has 0 amide bonds. The summed E-state index contributed by atoms with van der Waals surface area (Å²) < 4.78 is 5.34. The molecule has 0 N–H and O–H groups in total. The second-order valence-corrected chi connectivity index (χ2v) is 5.70. The van der Waals surface area contributed by atoms with E-state index in [1.54, 1.807) is 12.3 Å². The Bertz CT molecular complexity index is 816. The summed E-state index contributed by atoms with van der Waals surface area (Å²) in [7, 11) is 0. The monoisotopic (exact) mass is 319 g/mol. The zero-order valence-corrected chi connectivity index (χ0v) is 12.7. The Morgan fingerprint density at radius 1 is 1.14 bits per heavy atom. The summed E-state index contributed by atoms with van der Waals surface area (Å²) in [4.78, 5) is 10.8. The third kappa shape index (κ3) is 2.55. The molecule has 3 nitrogen and oxygen atoms in total. The molecule has 0 aliphatic carbocycles. The highest BCUT2D eigenvalue weighted by Gasteiger charge is 2.13. The van der Waals surface area contributed by atoms with Gasteiger partial charge in [-0.05, 0) is 53.1 Å². The van der Waals surface area contributed by atoms with E-state index in [0.29, 0.717) is 27.7 Å². The second kappa shape index (κ2) is 5.51. The number of hydrogen-bond acceptors (Lipinski definition) is 3. The predicted molar refractivity (Wildman–Crippen MR) is 85.7 cm³/mol. The molecule has 0 radical (unpaired) electrons. The van der Waals surface area contributed by atoms with Crippen LogP contribution in [-0.4, -0.2) is 0 Å². The molecule has 0 aliphatic heterocycles. The Labute approximate surface area is 131 Å². The van der Waals surface area contributed by atoms with E-state index >= 15 is 0 Å². The number of hydrogen-bond donors (Lipinski definition) is 0. The minimum Gasteiger partial charge on any atom is -0.462 e. The van der Waals surface area contributed by atoms with Gasteiger partial charge in [-0.2, -0.15) is 0 Å². The molecule has 2 aromatic carbocycles. The van der Waals surface area contributed by atoms with E-state index in [-0.39, 0.29) is 0 Å². The van der Waals surface area contributed by atoms with Crippen molar-refractivity contribution in [1.82, 2.24) is 0 Å². The maximum atomic E-state index is 10.8. The molecular weight excluding hydrogens is 309 g/mol. The number of rotatable bonds is 3. The molecule has 0 aliphatic rings. The van der Waals surface area contributed by atoms with Crippen molar-refractivity contribution in [1.29, 1.82) is 0 Å². The van der Waals surface area contributed by atoms with Gasteiger partial charge in [0.1, 0.15) is 0 Å². The largest absolute Gasteiger partial charge is 0.462 e. The van der Waals surface area contributed by atoms with Crippen LogP contribution in [0, 0.1) is 11.8 Å². The molecular formula is C16H11Cl2NO2. The molecule has 0 fully saturated rings. The summed E-state index contributed by atoms with van der Waals surface area (Å²) in [5.41, 5.74) is 3.64. The first kappa shape index (κ1) is 14.1. The minimum atomic E-state index is 0.292. The lowest BCUT2D eigenvalue weighted by atomic mass is 10.00. The summed E-state index contributed by atoms with van der Waals surface area (Å²) in [6.07, 6.45) is 2.11. The third-order valence-electron chi connectivity index (χ3n) is 3.44. The van der Waals surface area contributed by atoms with Gasteiger partial charge >= 0.3 is 0 Å². The van der Waals surface area contributed by atoms with Crippen molar-refractivity contribution >= 4 is 39.9 Å². The van der Waals surface area contributed by atoms with Crippen molar-refractivity contribution in [3.05, 3.63) is 68.2 Å². The van der Waals surface area contributed by atoms with Crippen LogP contribution in [0.3, 0.4) is 0 Å². The first-order valence-corrected chi connectivity index (χ1v) is 7.12. The number of nitrogens with zero attached hydrogens (tertiary/aromatic N) is 1. The smallest absolute Gasteiger partial charge is 0.163 e. The molecule has 5 heteroatoms. The molecule has 0 unspecified atom stereocenters. The topological polar surface area (TPSA) is 42.6 Å². The molecule has 3 aromatic rings. The molecule has 1 heterocycles. The van der Waals surface area contributed by atoms with E-state index in [1.165, 1.54) is 0 Å². The molecule has 106 valence electrons. The van der Waals surface area contributed by atoms with Gasteiger partial charge in [0.2, 0.25) is 0 Å². The van der Waals surface area contributed by atoms with Crippen LogP contribution in [0.25, 0.3) is 11.0 Å². The summed E-state index contributed by atoms with van der Waals surface area (Å²) in [5, 5.41) is 5.08. The van der Waals surface area contributed by atoms with Gasteiger partial charge in [-0.25, -0.2) is 0 Å². The van der Waals surface area contributed by atoms with Crippen LogP contribution in [0.1, 0.15) is 16.7 Å². The number of aryl methyl sites for hydroxylation is 1. The predicted octanol–water partition coefficient (Wildman–Crippen LogP) is 6.04. The van der Waals surface area contributed by atoms with E-state index in [4.69, 9.17) is 27.6 Å². The zero-order valence-electron chi connectivity index (χ0n) is 11.2. The van der Waals surface area contributed by atoms with Crippen molar-refractivity contribution in [2.75, 3.05) is 0 Å². The van der Waals surface area contributed by atoms with Gasteiger partial charge in [0.05, 0.1) is 6.26 Å². The van der Waals surface area contributed by atoms with Gasteiger partial charge in [0, 0.05) is 21.9 Å². The fraction of sp³-hybridized carbons (Fsp3) is 0.125. The highest BCUT2D eigenvalue weighted by molar-refractivity contribution is 6.36. The van der Waals surface area contributed by atoms with Crippen LogP contribution in [0.15, 0.2) is 46.2 Å². The van der Waals surface area contributed by atoms with Crippen molar-refractivity contribution in [2.45, 2.75) is 13.3 Å². The number of halogens is 2. The Morgan fingerprint density at radius 3 is 2.52 bits per heavy atom. The second-order valence-electron chi connectivity index (χ2n) is 4.88. The lowest BCUT2D eigenvalue weighted by Crippen LogP contribution is -1.93. The molecule has 0 atom stereocenters. The minimum absolute atomic E-state index is 0.292. The molecule has 3 rings (SSSR count). The summed E-state index contributed by atoms with van der Waals surface area (Å²) in [6.45, 7) is 1.94. The van der Waals surface area contributed by atoms with Crippen LogP contribution in [0.5, 0.6) is 0 Å². The Balaban J connectivity index is 2.11. The fourth-order valence-corrected chi connectivity index (χ4v) is 3.15. The average Bonchev–Trinajstić information content (AvgIpc) is 2.92. The average molecular weight is 320 g/mol. The zero-order chi connectivity index (χ0) is 15.0. The quantitative estimate of drug-likeness (QED) is 0.552. The van der Waals surface area contributed by atoms with Crippen LogP contribution in [-0.2, 0) is 6.42 Å². The van der Waals surface area contributed by atoms with Crippen molar-refractivity contribution < 1.29 is 4.42 Å². The standard InChI is InChI=1S/C16H11Cl2NO2/c1-9-6-13(17)12(14(18)7-9)8-10-2-3-15(19-20)16-11(10)4-5-21-16/h2-7H,8H2,1H3. The van der Waals surface area contributed by atoms with E-state index in [2.05, 4.69) is 5.18 Å². The maximum Gasteiger partial charge on any atom is 0.163 e. The van der Waals surface area contributed by atoms with Crippen molar-refractivity contribution in [3.8, 4) is 0 Å². The van der Waals surface area contributed by atoms with E-state index in [1.807, 2.05) is 31.2 Å². The maximum absolute atomic E-state index is 10.8. The van der Waals surface area contributed by atoms with Gasteiger partial charge < -0.3 is 4.42 Å². The summed E-state index contributed by atoms with van der Waals surface area (Å²) in [5.74, 6) is 0. The number of fused-ring (bicyclic) bond motifs is 1. The van der Waals surface area contributed by atoms with Crippen molar-refractivity contribution in [3.63, 3.8) is 0 Å². The molecule has 1 aromatic heterocycles. The lowest BCUT2D eigenvalue weighted by molar-refractivity contribution is 0.616. The van der Waals surface area contributed by atoms with Crippen LogP contribution in [0.2, 0.25) is 10.0 Å². The highest BCUT2D eigenvalue weighted by Crippen LogP contribution is 2.34.